The van der Waals surface area contributed by atoms with Crippen LogP contribution in [0.5, 0.6) is 0 Å². The molecule has 5 N–H and O–H groups in total. The van der Waals surface area contributed by atoms with E-state index in [-0.39, 0.29) is 12.1 Å². The van der Waals surface area contributed by atoms with E-state index in [4.69, 9.17) is 10.8 Å². The number of nitrogens with one attached hydrogen (secondary N) is 2. The highest BCUT2D eigenvalue weighted by atomic mass is 79.9. The van der Waals surface area contributed by atoms with Crippen molar-refractivity contribution >= 4 is 32.9 Å². The van der Waals surface area contributed by atoms with Crippen molar-refractivity contribution in [1.29, 1.82) is 0 Å². The van der Waals surface area contributed by atoms with Gasteiger partial charge in [0.15, 0.2) is 0 Å². The Morgan fingerprint density at radius 1 is 1.39 bits per heavy atom. The average Bonchev–Trinajstić information content (AvgIpc) is 2.64. The highest BCUT2D eigenvalue weighted by molar-refractivity contribution is 9.10. The fourth-order valence-electron chi connectivity index (χ4n) is 1.79. The Kier molecular flexibility index (Phi) is 3.53. The number of hydrogen-bond acceptors (Lipinski definition) is 3. The molecule has 1 aromatic carbocycles. The predicted molar refractivity (Wildman–Crippen MR) is 70.4 cm³/mol. The third-order valence-electron chi connectivity index (χ3n) is 2.70. The van der Waals surface area contributed by atoms with Crippen LogP contribution in [0.4, 0.5) is 0 Å². The fraction of sp³-hybridized carbons (Fsp3) is 0.273. The van der Waals surface area contributed by atoms with Crippen molar-refractivity contribution in [2.24, 2.45) is 5.73 Å². The molecule has 7 heteroatoms. The topological polar surface area (TPSA) is 112 Å². The molecule has 0 saturated carbocycles. The van der Waals surface area contributed by atoms with Crippen LogP contribution >= 0.6 is 15.9 Å². The van der Waals surface area contributed by atoms with Crippen LogP contribution in [-0.2, 0) is 4.79 Å². The van der Waals surface area contributed by atoms with Gasteiger partial charge in [0, 0.05) is 16.9 Å². The van der Waals surface area contributed by atoms with Crippen molar-refractivity contribution < 1.29 is 9.90 Å². The lowest BCUT2D eigenvalue weighted by atomic mass is 10.0. The predicted octanol–water partition coefficient (Wildman–Crippen LogP) is 1.48. The highest BCUT2D eigenvalue weighted by Crippen LogP contribution is 2.28. The van der Waals surface area contributed by atoms with Gasteiger partial charge < -0.3 is 20.8 Å². The molecule has 0 spiro atoms. The van der Waals surface area contributed by atoms with Gasteiger partial charge >= 0.3 is 11.7 Å². The maximum atomic E-state index is 11.2. The standard InChI is InChI=1S/C11H12BrN3O3/c12-6-4-9-8(14-11(18)15-9)3-5(6)7(13)1-2-10(16)17/h3-4,7H,1-2,13H2,(H,16,17)(H2,14,15,18). The number of fused-ring (bicyclic) bond motifs is 1. The van der Waals surface area contributed by atoms with E-state index >= 15 is 0 Å². The van der Waals surface area contributed by atoms with E-state index in [0.29, 0.717) is 17.5 Å². The first-order valence-electron chi connectivity index (χ1n) is 5.36. The summed E-state index contributed by atoms with van der Waals surface area (Å²) < 4.78 is 0.753. The zero-order chi connectivity index (χ0) is 13.3. The molecule has 2 aromatic rings. The summed E-state index contributed by atoms with van der Waals surface area (Å²) in [6, 6.07) is 3.12. The molecule has 6 nitrogen and oxygen atoms in total. The molecule has 96 valence electrons. The maximum Gasteiger partial charge on any atom is 0.323 e. The number of halogens is 1. The number of aromatic nitrogens is 2. The minimum Gasteiger partial charge on any atom is -0.481 e. The van der Waals surface area contributed by atoms with Crippen molar-refractivity contribution in [2.75, 3.05) is 0 Å². The summed E-state index contributed by atoms with van der Waals surface area (Å²) >= 11 is 3.37. The van der Waals surface area contributed by atoms with Gasteiger partial charge in [-0.1, -0.05) is 15.9 Å². The van der Waals surface area contributed by atoms with Crippen LogP contribution < -0.4 is 11.4 Å². The number of benzene rings is 1. The first kappa shape index (κ1) is 12.8. The molecule has 2 rings (SSSR count). The first-order chi connectivity index (χ1) is 8.47. The number of hydrogen-bond donors (Lipinski definition) is 4. The van der Waals surface area contributed by atoms with Gasteiger partial charge in [-0.25, -0.2) is 4.79 Å². The van der Waals surface area contributed by atoms with Crippen molar-refractivity contribution in [3.63, 3.8) is 0 Å². The number of nitrogens with two attached hydrogens (primary N) is 1. The molecular formula is C11H12BrN3O3. The molecule has 0 radical (unpaired) electrons. The van der Waals surface area contributed by atoms with Crippen molar-refractivity contribution in [2.45, 2.75) is 18.9 Å². The first-order valence-corrected chi connectivity index (χ1v) is 6.15. The van der Waals surface area contributed by atoms with Gasteiger partial charge in [0.25, 0.3) is 0 Å². The van der Waals surface area contributed by atoms with Crippen LogP contribution in [0, 0.1) is 0 Å². The van der Waals surface area contributed by atoms with Crippen molar-refractivity contribution in [3.8, 4) is 0 Å². The normalized spacial score (nSPS) is 12.8. The summed E-state index contributed by atoms with van der Waals surface area (Å²) in [7, 11) is 0. The van der Waals surface area contributed by atoms with E-state index < -0.39 is 12.0 Å². The minimum atomic E-state index is -0.877. The molecule has 0 bridgehead atoms. The molecule has 0 saturated heterocycles. The van der Waals surface area contributed by atoms with Gasteiger partial charge in [-0.2, -0.15) is 0 Å². The molecule has 0 fully saturated rings. The maximum absolute atomic E-state index is 11.2. The van der Waals surface area contributed by atoms with Gasteiger partial charge in [-0.3, -0.25) is 4.79 Å². The second-order valence-electron chi connectivity index (χ2n) is 4.04. The van der Waals surface area contributed by atoms with E-state index in [1.54, 1.807) is 12.1 Å². The third-order valence-corrected chi connectivity index (χ3v) is 3.39. The summed E-state index contributed by atoms with van der Waals surface area (Å²) in [5.41, 5.74) is 7.78. The zero-order valence-corrected chi connectivity index (χ0v) is 11.0. The van der Waals surface area contributed by atoms with Crippen molar-refractivity contribution in [3.05, 3.63) is 32.7 Å². The second-order valence-corrected chi connectivity index (χ2v) is 4.89. The summed E-state index contributed by atoms with van der Waals surface area (Å²) in [5.74, 6) is -0.877. The zero-order valence-electron chi connectivity index (χ0n) is 9.37. The fourth-order valence-corrected chi connectivity index (χ4v) is 2.43. The second kappa shape index (κ2) is 4.95. The van der Waals surface area contributed by atoms with Gasteiger partial charge in [-0.15, -0.1) is 0 Å². The molecule has 1 aromatic heterocycles. The highest BCUT2D eigenvalue weighted by Gasteiger charge is 2.13. The molecule has 18 heavy (non-hydrogen) atoms. The quantitative estimate of drug-likeness (QED) is 0.685. The molecule has 1 atom stereocenters. The summed E-state index contributed by atoms with van der Waals surface area (Å²) in [6.45, 7) is 0. The van der Waals surface area contributed by atoms with Gasteiger partial charge in [-0.05, 0) is 24.1 Å². The van der Waals surface area contributed by atoms with Crippen LogP contribution in [-0.4, -0.2) is 21.0 Å². The number of H-pyrrole nitrogens is 2. The van der Waals surface area contributed by atoms with Gasteiger partial charge in [0.1, 0.15) is 0 Å². The lowest BCUT2D eigenvalue weighted by Crippen LogP contribution is -2.12. The molecule has 0 aliphatic heterocycles. The van der Waals surface area contributed by atoms with E-state index in [1.807, 2.05) is 0 Å². The molecule has 0 aliphatic carbocycles. The summed E-state index contributed by atoms with van der Waals surface area (Å²) in [4.78, 5) is 27.0. The lowest BCUT2D eigenvalue weighted by Gasteiger charge is -2.12. The molecule has 0 amide bonds. The smallest absolute Gasteiger partial charge is 0.323 e. The summed E-state index contributed by atoms with van der Waals surface area (Å²) in [5, 5.41) is 8.63. The largest absolute Gasteiger partial charge is 0.481 e. The molecule has 0 aliphatic rings. The number of carboxylic acid groups (broad SMARTS) is 1. The molecular weight excluding hydrogens is 302 g/mol. The lowest BCUT2D eigenvalue weighted by molar-refractivity contribution is -0.137. The number of rotatable bonds is 4. The SMILES string of the molecule is NC(CCC(=O)O)c1cc2[nH]c(=O)[nH]c2cc1Br. The van der Waals surface area contributed by atoms with Crippen LogP contribution in [0.25, 0.3) is 11.0 Å². The molecule has 1 unspecified atom stereocenters. The van der Waals surface area contributed by atoms with E-state index in [2.05, 4.69) is 25.9 Å². The van der Waals surface area contributed by atoms with E-state index in [9.17, 15) is 9.59 Å². The Hall–Kier alpha value is -1.60. The number of aromatic amines is 2. The number of carboxylic acids is 1. The monoisotopic (exact) mass is 313 g/mol. The van der Waals surface area contributed by atoms with Crippen LogP contribution in [0.1, 0.15) is 24.4 Å². The Morgan fingerprint density at radius 2 is 2.00 bits per heavy atom. The Morgan fingerprint density at radius 3 is 2.61 bits per heavy atom. The van der Waals surface area contributed by atoms with E-state index in [1.165, 1.54) is 0 Å². The molecule has 1 heterocycles. The van der Waals surface area contributed by atoms with Crippen LogP contribution in [0.2, 0.25) is 0 Å². The van der Waals surface area contributed by atoms with Gasteiger partial charge in [0.05, 0.1) is 11.0 Å². The van der Waals surface area contributed by atoms with Crippen molar-refractivity contribution in [1.82, 2.24) is 9.97 Å². The Labute approximate surface area is 110 Å². The van der Waals surface area contributed by atoms with Crippen LogP contribution in [0.15, 0.2) is 21.4 Å². The number of carbonyl (C=O) groups is 1. The van der Waals surface area contributed by atoms with Gasteiger partial charge in [0.2, 0.25) is 0 Å². The average molecular weight is 314 g/mol. The summed E-state index contributed by atoms with van der Waals surface area (Å²) in [6.07, 6.45) is 0.351. The number of aliphatic carboxylic acids is 1. The third kappa shape index (κ3) is 2.62. The van der Waals surface area contributed by atoms with Crippen LogP contribution in [0.3, 0.4) is 0 Å². The van der Waals surface area contributed by atoms with E-state index in [0.717, 1.165) is 10.0 Å². The minimum absolute atomic E-state index is 0.00923. The Bertz CT molecular complexity index is 647. The Balaban J connectivity index is 2.34. The number of imidazole rings is 1.